The number of carbonyl (C=O) groups excluding carboxylic acids is 3. The molecule has 0 aliphatic heterocycles. The molecule has 0 aromatic heterocycles. The average Bonchev–Trinajstić information content (AvgIpc) is 3.02. The first-order chi connectivity index (χ1) is 22.4. The van der Waals surface area contributed by atoms with Crippen LogP contribution in [-0.2, 0) is 19.1 Å². The molecule has 268 valence electrons. The fourth-order valence-electron chi connectivity index (χ4n) is 3.74. The van der Waals surface area contributed by atoms with Crippen LogP contribution in [-0.4, -0.2) is 72.3 Å². The van der Waals surface area contributed by atoms with Gasteiger partial charge in [-0.25, -0.2) is 0 Å². The van der Waals surface area contributed by atoms with Crippen LogP contribution in [0.25, 0.3) is 0 Å². The second-order valence-corrected chi connectivity index (χ2v) is 15.5. The zero-order valence-corrected chi connectivity index (χ0v) is 31.5. The van der Waals surface area contributed by atoms with Gasteiger partial charge in [0.1, 0.15) is 6.10 Å². The molecule has 1 atom stereocenters. The van der Waals surface area contributed by atoms with Crippen LogP contribution in [0.2, 0.25) is 0 Å². The van der Waals surface area contributed by atoms with Crippen molar-refractivity contribution in [1.82, 2.24) is 16.0 Å². The number of allylic oxidation sites excluding steroid dienone is 10. The number of rotatable bonds is 27. The molecule has 0 aromatic carbocycles. The van der Waals surface area contributed by atoms with Crippen LogP contribution in [0.4, 0.5) is 0 Å². The summed E-state index contributed by atoms with van der Waals surface area (Å²) in [6, 6.07) is 0. The highest BCUT2D eigenvalue weighted by Crippen LogP contribution is 2.24. The largest absolute Gasteiger partial charge is 0.383 e. The number of hydrogen-bond acceptors (Lipinski definition) is 7. The second-order valence-electron chi connectivity index (χ2n) is 12.8. The minimum atomic E-state index is -1.24. The number of aliphatic hydroxyl groups is 1. The normalized spacial score (nSPS) is 13.4. The zero-order valence-electron chi connectivity index (χ0n) is 29.9. The van der Waals surface area contributed by atoms with E-state index in [1.807, 2.05) is 20.8 Å². The van der Waals surface area contributed by atoms with Crippen LogP contribution in [0.1, 0.15) is 99.3 Å². The maximum Gasteiger partial charge on any atom is 0.249 e. The molecule has 0 bridgehead atoms. The predicted octanol–water partition coefficient (Wildman–Crippen LogP) is 7.23. The topological polar surface area (TPSA) is 117 Å². The molecule has 0 aliphatic rings. The van der Waals surface area contributed by atoms with Gasteiger partial charge in [-0.2, -0.15) is 0 Å². The molecular weight excluding hydrogens is 631 g/mol. The van der Waals surface area contributed by atoms with Crippen molar-refractivity contribution in [2.45, 2.75) is 111 Å². The Morgan fingerprint density at radius 3 is 1.64 bits per heavy atom. The molecule has 0 heterocycles. The summed E-state index contributed by atoms with van der Waals surface area (Å²) < 4.78 is 5.72. The number of nitrogens with one attached hydrogen (secondary N) is 3. The standard InChI is InChI=1S/C37H63N3O5S2/c1-7-8-9-10-11-12-13-14-15-16-17-18-19-20-21-22-23-24-32(41)38-27-29-46-47-30-28-39-33(42)25-26-40-35(44)34(43)37(5,6)31-45-36(2,3)4/h8-9,11-12,14-15,17-18,20-21,34,43H,7,10,13,16,19,22-31H2,1-6H3,(H,38,41)(H,39,42)(H,40,44)/b9-8-,12-11-,15-14-,18-17-,21-20-/t34-/m0/s1. The summed E-state index contributed by atoms with van der Waals surface area (Å²) in [5, 5.41) is 18.8. The summed E-state index contributed by atoms with van der Waals surface area (Å²) in [5.74, 6) is 0.953. The Labute approximate surface area is 293 Å². The summed E-state index contributed by atoms with van der Waals surface area (Å²) in [7, 11) is 3.30. The molecule has 10 heteroatoms. The van der Waals surface area contributed by atoms with Gasteiger partial charge in [0.2, 0.25) is 17.7 Å². The summed E-state index contributed by atoms with van der Waals surface area (Å²) in [6.45, 7) is 13.0. The molecule has 0 saturated carbocycles. The van der Waals surface area contributed by atoms with Crippen LogP contribution in [0, 0.1) is 5.41 Å². The van der Waals surface area contributed by atoms with E-state index in [1.165, 1.54) is 0 Å². The lowest BCUT2D eigenvalue weighted by molar-refractivity contribution is -0.142. The highest BCUT2D eigenvalue weighted by atomic mass is 33.1. The number of carbonyl (C=O) groups is 3. The van der Waals surface area contributed by atoms with E-state index in [0.717, 1.165) is 56.5 Å². The third kappa shape index (κ3) is 29.6. The van der Waals surface area contributed by atoms with E-state index in [4.69, 9.17) is 4.74 Å². The van der Waals surface area contributed by atoms with E-state index >= 15 is 0 Å². The summed E-state index contributed by atoms with van der Waals surface area (Å²) in [5.41, 5.74) is -1.12. The number of hydrogen-bond donors (Lipinski definition) is 4. The molecule has 47 heavy (non-hydrogen) atoms. The summed E-state index contributed by atoms with van der Waals surface area (Å²) in [6.07, 6.45) is 27.9. The molecule has 0 rings (SSSR count). The van der Waals surface area contributed by atoms with Gasteiger partial charge >= 0.3 is 0 Å². The molecule has 0 aromatic rings. The van der Waals surface area contributed by atoms with Gasteiger partial charge in [0.15, 0.2) is 0 Å². The first-order valence-electron chi connectivity index (χ1n) is 17.0. The third-order valence-corrected chi connectivity index (χ3v) is 8.96. The van der Waals surface area contributed by atoms with Gasteiger partial charge < -0.3 is 25.8 Å². The molecule has 4 N–H and O–H groups in total. The minimum Gasteiger partial charge on any atom is -0.383 e. The number of ether oxygens (including phenoxy) is 1. The Kier molecular flexibility index (Phi) is 27.3. The van der Waals surface area contributed by atoms with Crippen molar-refractivity contribution >= 4 is 39.3 Å². The average molecular weight is 694 g/mol. The van der Waals surface area contributed by atoms with Gasteiger partial charge in [-0.15, -0.1) is 0 Å². The first-order valence-corrected chi connectivity index (χ1v) is 19.5. The van der Waals surface area contributed by atoms with Crippen LogP contribution in [0.3, 0.4) is 0 Å². The zero-order chi connectivity index (χ0) is 35.2. The Hall–Kier alpha value is -2.27. The molecule has 0 unspecified atom stereocenters. The molecule has 8 nitrogen and oxygen atoms in total. The van der Waals surface area contributed by atoms with E-state index in [1.54, 1.807) is 35.4 Å². The van der Waals surface area contributed by atoms with Gasteiger partial charge in [0.05, 0.1) is 12.2 Å². The van der Waals surface area contributed by atoms with E-state index in [9.17, 15) is 19.5 Å². The highest BCUT2D eigenvalue weighted by molar-refractivity contribution is 8.76. The van der Waals surface area contributed by atoms with Gasteiger partial charge in [0, 0.05) is 49.4 Å². The van der Waals surface area contributed by atoms with E-state index in [2.05, 4.69) is 83.6 Å². The molecular formula is C37H63N3O5S2. The van der Waals surface area contributed by atoms with Crippen molar-refractivity contribution in [3.63, 3.8) is 0 Å². The number of amides is 3. The van der Waals surface area contributed by atoms with Crippen molar-refractivity contribution in [2.24, 2.45) is 5.41 Å². The number of unbranched alkanes of at least 4 members (excludes halogenated alkanes) is 1. The molecule has 0 saturated heterocycles. The van der Waals surface area contributed by atoms with Crippen molar-refractivity contribution in [3.05, 3.63) is 60.8 Å². The highest BCUT2D eigenvalue weighted by Gasteiger charge is 2.35. The van der Waals surface area contributed by atoms with Crippen LogP contribution in [0.5, 0.6) is 0 Å². The van der Waals surface area contributed by atoms with E-state index in [-0.39, 0.29) is 37.0 Å². The maximum atomic E-state index is 12.3. The lowest BCUT2D eigenvalue weighted by atomic mass is 9.86. The lowest BCUT2D eigenvalue weighted by Crippen LogP contribution is -2.47. The molecule has 0 spiro atoms. The summed E-state index contributed by atoms with van der Waals surface area (Å²) >= 11 is 0. The Morgan fingerprint density at radius 2 is 1.15 bits per heavy atom. The van der Waals surface area contributed by atoms with Gasteiger partial charge in [-0.3, -0.25) is 14.4 Å². The lowest BCUT2D eigenvalue weighted by Gasteiger charge is -2.32. The monoisotopic (exact) mass is 693 g/mol. The Balaban J connectivity index is 3.70. The smallest absolute Gasteiger partial charge is 0.249 e. The van der Waals surface area contributed by atoms with Gasteiger partial charge in [-0.1, -0.05) is 103 Å². The molecule has 0 aliphatic carbocycles. The third-order valence-electron chi connectivity index (χ3n) is 6.55. The Bertz CT molecular complexity index is 1000. The van der Waals surface area contributed by atoms with E-state index in [0.29, 0.717) is 19.5 Å². The fourth-order valence-corrected chi connectivity index (χ4v) is 5.55. The fraction of sp³-hybridized carbons (Fsp3) is 0.649. The van der Waals surface area contributed by atoms with Crippen LogP contribution >= 0.6 is 21.6 Å². The maximum absolute atomic E-state index is 12.3. The SMILES string of the molecule is CC/C=C\C/C=C\C/C=C\C/C=C\C/C=C\CCCC(=O)NCCSSCCNC(=O)CCNC(=O)[C@H](O)C(C)(C)COC(C)(C)C. The quantitative estimate of drug-likeness (QED) is 0.0408. The predicted molar refractivity (Wildman–Crippen MR) is 202 cm³/mol. The second kappa shape index (κ2) is 28.7. The van der Waals surface area contributed by atoms with Gasteiger partial charge in [0.25, 0.3) is 0 Å². The van der Waals surface area contributed by atoms with Crippen molar-refractivity contribution in [1.29, 1.82) is 0 Å². The van der Waals surface area contributed by atoms with Crippen LogP contribution < -0.4 is 16.0 Å². The van der Waals surface area contributed by atoms with Crippen LogP contribution in [0.15, 0.2) is 60.8 Å². The number of aliphatic hydroxyl groups excluding tert-OH is 1. The van der Waals surface area contributed by atoms with Crippen molar-refractivity contribution in [2.75, 3.05) is 37.7 Å². The van der Waals surface area contributed by atoms with Gasteiger partial charge in [-0.05, 0) is 65.7 Å². The summed E-state index contributed by atoms with van der Waals surface area (Å²) in [4.78, 5) is 36.4. The van der Waals surface area contributed by atoms with Crippen molar-refractivity contribution in [3.8, 4) is 0 Å². The minimum absolute atomic E-state index is 0.0802. The van der Waals surface area contributed by atoms with E-state index < -0.39 is 17.4 Å². The molecule has 3 amide bonds. The first kappa shape index (κ1) is 44.7. The molecule has 0 radical (unpaired) electrons. The molecule has 0 fully saturated rings. The van der Waals surface area contributed by atoms with Crippen molar-refractivity contribution < 1.29 is 24.2 Å². The Morgan fingerprint density at radius 1 is 0.681 bits per heavy atom.